The third-order valence-corrected chi connectivity index (χ3v) is 11.3. The van der Waals surface area contributed by atoms with Gasteiger partial charge < -0.3 is 18.9 Å². The maximum atomic E-state index is 13.6. The molecule has 2 aromatic carbocycles. The van der Waals surface area contributed by atoms with Gasteiger partial charge in [-0.05, 0) is 117 Å². The molecule has 0 unspecified atom stereocenters. The Morgan fingerprint density at radius 2 is 1.80 bits per heavy atom. The first-order valence-electron chi connectivity index (χ1n) is 15.3. The molecule has 1 saturated heterocycles. The number of rotatable bonds is 10. The van der Waals surface area contributed by atoms with Crippen molar-refractivity contribution in [3.8, 4) is 11.5 Å². The van der Waals surface area contributed by atoms with Gasteiger partial charge in [0.2, 0.25) is 0 Å². The van der Waals surface area contributed by atoms with Gasteiger partial charge in [-0.1, -0.05) is 30.8 Å². The first-order valence-corrected chi connectivity index (χ1v) is 16.1. The lowest BCUT2D eigenvalue weighted by Gasteiger charge is -2.52. The Kier molecular flexibility index (Phi) is 8.67. The number of alkyl halides is 2. The second-order valence-electron chi connectivity index (χ2n) is 12.2. The number of fused-ring (bicyclic) bond motifs is 6. The van der Waals surface area contributed by atoms with E-state index in [0.717, 1.165) is 67.7 Å². The first kappa shape index (κ1) is 29.0. The Morgan fingerprint density at radius 1 is 1.02 bits per heavy atom. The Labute approximate surface area is 247 Å². The minimum atomic E-state index is -2.48. The maximum Gasteiger partial charge on any atom is 0.269 e. The molecule has 1 heterocycles. The fraction of sp³-hybridized carbons (Fsp3) is 0.588. The molecular formula is C34H42F2O4S. The molecule has 2 saturated carbocycles. The van der Waals surface area contributed by atoms with E-state index < -0.39 is 6.43 Å². The Morgan fingerprint density at radius 3 is 2.56 bits per heavy atom. The summed E-state index contributed by atoms with van der Waals surface area (Å²) < 4.78 is 50.9. The lowest BCUT2D eigenvalue weighted by molar-refractivity contribution is -0.237. The van der Waals surface area contributed by atoms with Crippen molar-refractivity contribution in [1.29, 1.82) is 0 Å². The molecular weight excluding hydrogens is 542 g/mol. The van der Waals surface area contributed by atoms with Crippen molar-refractivity contribution in [2.24, 2.45) is 17.3 Å². The van der Waals surface area contributed by atoms with E-state index in [9.17, 15) is 8.78 Å². The molecule has 0 amide bonds. The molecule has 3 fully saturated rings. The van der Waals surface area contributed by atoms with E-state index in [2.05, 4.69) is 25.1 Å². The molecule has 1 spiro atoms. The van der Waals surface area contributed by atoms with Gasteiger partial charge in [0, 0.05) is 16.7 Å². The van der Waals surface area contributed by atoms with Crippen molar-refractivity contribution in [3.63, 3.8) is 0 Å². The van der Waals surface area contributed by atoms with E-state index in [1.165, 1.54) is 30.4 Å². The Bertz CT molecular complexity index is 1230. The first-order chi connectivity index (χ1) is 19.9. The van der Waals surface area contributed by atoms with Gasteiger partial charge in [0.05, 0.1) is 31.8 Å². The van der Waals surface area contributed by atoms with Gasteiger partial charge in [-0.3, -0.25) is 0 Å². The van der Waals surface area contributed by atoms with Crippen LogP contribution in [0.2, 0.25) is 0 Å². The topological polar surface area (TPSA) is 36.9 Å². The number of aryl methyl sites for hydroxylation is 1. The maximum absolute atomic E-state index is 13.6. The molecule has 4 atom stereocenters. The summed E-state index contributed by atoms with van der Waals surface area (Å²) in [7, 11) is 1.59. The predicted molar refractivity (Wildman–Crippen MR) is 158 cm³/mol. The van der Waals surface area contributed by atoms with Crippen LogP contribution in [0.25, 0.3) is 0 Å². The van der Waals surface area contributed by atoms with Gasteiger partial charge in [0.1, 0.15) is 11.5 Å². The molecule has 0 N–H and O–H groups in total. The van der Waals surface area contributed by atoms with Crippen LogP contribution in [0.3, 0.4) is 0 Å². The van der Waals surface area contributed by atoms with Crippen LogP contribution in [0.1, 0.15) is 75.3 Å². The number of halogens is 2. The molecule has 0 bridgehead atoms. The minimum absolute atomic E-state index is 0.100. The number of allylic oxidation sites excluding steroid dienone is 2. The normalized spacial score (nSPS) is 28.4. The predicted octanol–water partition coefficient (Wildman–Crippen LogP) is 8.78. The van der Waals surface area contributed by atoms with Crippen LogP contribution in [0.5, 0.6) is 11.5 Å². The highest BCUT2D eigenvalue weighted by Crippen LogP contribution is 2.66. The van der Waals surface area contributed by atoms with Crippen LogP contribution >= 0.6 is 11.8 Å². The molecule has 4 nitrogen and oxygen atoms in total. The number of thioether (sulfide) groups is 1. The average molecular weight is 585 g/mol. The molecule has 6 rings (SSSR count). The number of ether oxygens (including phenoxy) is 4. The van der Waals surface area contributed by atoms with E-state index in [0.29, 0.717) is 36.5 Å². The monoisotopic (exact) mass is 584 g/mol. The molecule has 1 aliphatic heterocycles. The lowest BCUT2D eigenvalue weighted by Crippen LogP contribution is -2.51. The summed E-state index contributed by atoms with van der Waals surface area (Å²) in [4.78, 5) is 0.883. The van der Waals surface area contributed by atoms with Crippen LogP contribution in [-0.2, 0) is 15.9 Å². The molecule has 7 heteroatoms. The summed E-state index contributed by atoms with van der Waals surface area (Å²) in [6, 6.07) is 13.9. The summed E-state index contributed by atoms with van der Waals surface area (Å²) in [6.45, 7) is 4.50. The van der Waals surface area contributed by atoms with Crippen molar-refractivity contribution in [3.05, 3.63) is 64.6 Å². The third-order valence-electron chi connectivity index (χ3n) is 10.2. The third kappa shape index (κ3) is 5.66. The molecule has 0 radical (unpaired) electrons. The number of unbranched alkanes of at least 4 members (excludes halogenated alkanes) is 2. The Balaban J connectivity index is 0.993. The van der Waals surface area contributed by atoms with Crippen LogP contribution in [0.4, 0.5) is 8.78 Å². The van der Waals surface area contributed by atoms with Gasteiger partial charge in [0.15, 0.2) is 5.79 Å². The SMILES string of the molecule is COc1ccc(S/C(=C\CCCCOc2ccc3c(c2)CC[C@@H]2[C@@H]3CC[C@@]3(C)[C@H]2CCC32OCCO2)C(F)F)cc1. The van der Waals surface area contributed by atoms with Crippen LogP contribution < -0.4 is 9.47 Å². The highest BCUT2D eigenvalue weighted by molar-refractivity contribution is 8.03. The van der Waals surface area contributed by atoms with Gasteiger partial charge in [-0.15, -0.1) is 0 Å². The van der Waals surface area contributed by atoms with Gasteiger partial charge in [0.25, 0.3) is 6.43 Å². The van der Waals surface area contributed by atoms with E-state index in [1.807, 2.05) is 12.1 Å². The fourth-order valence-corrected chi connectivity index (χ4v) is 9.00. The summed E-state index contributed by atoms with van der Waals surface area (Å²) in [5, 5.41) is 0. The molecule has 4 aliphatic rings. The van der Waals surface area contributed by atoms with Crippen LogP contribution in [0.15, 0.2) is 58.3 Å². The lowest BCUT2D eigenvalue weighted by atomic mass is 9.55. The summed E-state index contributed by atoms with van der Waals surface area (Å²) >= 11 is 1.12. The molecule has 0 aromatic heterocycles. The molecule has 2 aromatic rings. The highest BCUT2D eigenvalue weighted by atomic mass is 32.2. The molecule has 3 aliphatic carbocycles. The summed E-state index contributed by atoms with van der Waals surface area (Å²) in [5.41, 5.74) is 3.09. The summed E-state index contributed by atoms with van der Waals surface area (Å²) in [6.07, 6.45) is 8.37. The standard InChI is InChI=1S/C34H42F2O4S/c1-33-17-15-28-27-14-10-25(22-23(27)7-13-29(28)30(33)16-18-34(33)39-20-21-40-34)38-19-5-3-4-6-31(32(35)36)41-26-11-8-24(37-2)9-12-26/h6,8-12,14,22,28-30,32H,3-5,7,13,15-21H2,1-2H3/b31-6-/t28-,29-,30+,33+/m1/s1. The number of methoxy groups -OCH3 is 1. The van der Waals surface area contributed by atoms with E-state index >= 15 is 0 Å². The smallest absolute Gasteiger partial charge is 0.269 e. The van der Waals surface area contributed by atoms with Crippen molar-refractivity contribution < 1.29 is 27.7 Å². The molecule has 41 heavy (non-hydrogen) atoms. The van der Waals surface area contributed by atoms with Crippen molar-refractivity contribution in [2.45, 2.75) is 87.7 Å². The quantitative estimate of drug-likeness (QED) is 0.206. The second kappa shape index (κ2) is 12.3. The summed E-state index contributed by atoms with van der Waals surface area (Å²) in [5.74, 6) is 3.29. The zero-order valence-electron chi connectivity index (χ0n) is 24.2. The van der Waals surface area contributed by atoms with Crippen molar-refractivity contribution >= 4 is 11.8 Å². The van der Waals surface area contributed by atoms with E-state index in [4.69, 9.17) is 18.9 Å². The number of hydrogen-bond acceptors (Lipinski definition) is 5. The number of benzene rings is 2. The average Bonchev–Trinajstić information content (AvgIpc) is 3.59. The van der Waals surface area contributed by atoms with Gasteiger partial charge in [-0.2, -0.15) is 0 Å². The van der Waals surface area contributed by atoms with Gasteiger partial charge >= 0.3 is 0 Å². The Hall–Kier alpha value is -2.09. The largest absolute Gasteiger partial charge is 0.497 e. The highest BCUT2D eigenvalue weighted by Gasteiger charge is 2.65. The minimum Gasteiger partial charge on any atom is -0.497 e. The molecule has 222 valence electrons. The second-order valence-corrected chi connectivity index (χ2v) is 13.4. The zero-order valence-corrected chi connectivity index (χ0v) is 25.0. The van der Waals surface area contributed by atoms with Gasteiger partial charge in [-0.25, -0.2) is 8.78 Å². The fourth-order valence-electron chi connectivity index (χ4n) is 8.17. The zero-order chi connectivity index (χ0) is 28.5. The van der Waals surface area contributed by atoms with E-state index in [-0.39, 0.29) is 16.1 Å². The van der Waals surface area contributed by atoms with E-state index in [1.54, 1.807) is 25.3 Å². The van der Waals surface area contributed by atoms with Crippen molar-refractivity contribution in [2.75, 3.05) is 26.9 Å². The number of hydrogen-bond donors (Lipinski definition) is 0. The van der Waals surface area contributed by atoms with Crippen LogP contribution in [-0.4, -0.2) is 39.1 Å². The van der Waals surface area contributed by atoms with Crippen LogP contribution in [0, 0.1) is 17.3 Å². The van der Waals surface area contributed by atoms with Crippen molar-refractivity contribution in [1.82, 2.24) is 0 Å².